The Morgan fingerprint density at radius 3 is 2.20 bits per heavy atom. The molecule has 4 fully saturated rings. The number of nitrogens with zero attached hydrogens (tertiary/aromatic N) is 3. The zero-order valence-corrected chi connectivity index (χ0v) is 23.8. The van der Waals surface area contributed by atoms with Gasteiger partial charge in [-0.1, -0.05) is 27.7 Å². The number of piperazine rings is 1. The molecule has 198 valence electrons. The fourth-order valence-corrected chi connectivity index (χ4v) is 7.59. The van der Waals surface area contributed by atoms with Crippen LogP contribution < -0.4 is 9.80 Å². The van der Waals surface area contributed by atoms with Crippen LogP contribution in [0.15, 0.2) is 18.2 Å². The SMILES string of the molecule is CCOC1CCN(c2ccc(N3CCN(CC4CC4)CC3)c(C3CC(C)(C)CC(C)(C)C3)c2)C1.Cl. The van der Waals surface area contributed by atoms with Crippen LogP contribution in [0, 0.1) is 16.7 Å². The van der Waals surface area contributed by atoms with Crippen LogP contribution in [-0.2, 0) is 4.74 Å². The fraction of sp³-hybridized carbons (Fsp3) is 0.800. The van der Waals surface area contributed by atoms with Crippen molar-refractivity contribution in [2.45, 2.75) is 85.2 Å². The van der Waals surface area contributed by atoms with Crippen molar-refractivity contribution in [3.8, 4) is 0 Å². The van der Waals surface area contributed by atoms with Crippen LogP contribution in [0.25, 0.3) is 0 Å². The van der Waals surface area contributed by atoms with Gasteiger partial charge in [-0.25, -0.2) is 0 Å². The summed E-state index contributed by atoms with van der Waals surface area (Å²) in [5, 5.41) is 0. The van der Waals surface area contributed by atoms with Crippen molar-refractivity contribution in [3.63, 3.8) is 0 Å². The number of rotatable bonds is 7. The molecule has 4 nitrogen and oxygen atoms in total. The van der Waals surface area contributed by atoms with E-state index in [1.54, 1.807) is 5.56 Å². The summed E-state index contributed by atoms with van der Waals surface area (Å²) in [5.74, 6) is 1.64. The highest BCUT2D eigenvalue weighted by Crippen LogP contribution is 2.53. The summed E-state index contributed by atoms with van der Waals surface area (Å²) in [5.41, 5.74) is 5.35. The Morgan fingerprint density at radius 1 is 0.886 bits per heavy atom. The van der Waals surface area contributed by atoms with Crippen LogP contribution in [0.3, 0.4) is 0 Å². The van der Waals surface area contributed by atoms with Crippen molar-refractivity contribution in [2.24, 2.45) is 16.7 Å². The van der Waals surface area contributed by atoms with Crippen LogP contribution in [0.4, 0.5) is 11.4 Å². The molecule has 2 saturated heterocycles. The largest absolute Gasteiger partial charge is 0.377 e. The van der Waals surface area contributed by atoms with Crippen molar-refractivity contribution < 1.29 is 4.74 Å². The minimum absolute atomic E-state index is 0. The Balaban J connectivity index is 0.00000289. The molecule has 0 amide bonds. The molecular formula is C30H50ClN3O. The first-order chi connectivity index (χ1) is 16.2. The van der Waals surface area contributed by atoms with E-state index in [-0.39, 0.29) is 12.4 Å². The summed E-state index contributed by atoms with van der Waals surface area (Å²) < 4.78 is 5.96. The molecule has 2 aliphatic carbocycles. The first-order valence-electron chi connectivity index (χ1n) is 14.2. The molecule has 1 atom stereocenters. The van der Waals surface area contributed by atoms with Gasteiger partial charge in [-0.05, 0) is 91.9 Å². The molecule has 2 saturated carbocycles. The summed E-state index contributed by atoms with van der Waals surface area (Å²) >= 11 is 0. The lowest BCUT2D eigenvalue weighted by Gasteiger charge is -2.46. The van der Waals surface area contributed by atoms with Gasteiger partial charge in [0, 0.05) is 63.8 Å². The Labute approximate surface area is 221 Å². The highest BCUT2D eigenvalue weighted by atomic mass is 35.5. The molecule has 5 heteroatoms. The number of halogens is 1. The van der Waals surface area contributed by atoms with Crippen LogP contribution in [0.2, 0.25) is 0 Å². The maximum absolute atomic E-state index is 5.96. The Kier molecular flexibility index (Phi) is 8.35. The van der Waals surface area contributed by atoms with Gasteiger partial charge >= 0.3 is 0 Å². The molecule has 1 unspecified atom stereocenters. The quantitative estimate of drug-likeness (QED) is 0.418. The van der Waals surface area contributed by atoms with E-state index >= 15 is 0 Å². The highest BCUT2D eigenvalue weighted by Gasteiger charge is 2.40. The molecule has 0 radical (unpaired) electrons. The van der Waals surface area contributed by atoms with E-state index in [4.69, 9.17) is 4.74 Å². The molecule has 0 spiro atoms. The van der Waals surface area contributed by atoms with Crippen molar-refractivity contribution in [2.75, 3.05) is 62.2 Å². The molecule has 5 rings (SSSR count). The Hall–Kier alpha value is -0.970. The topological polar surface area (TPSA) is 19.0 Å². The van der Waals surface area contributed by atoms with Crippen molar-refractivity contribution in [1.82, 2.24) is 4.90 Å². The number of hydrogen-bond donors (Lipinski definition) is 0. The third kappa shape index (κ3) is 6.67. The smallest absolute Gasteiger partial charge is 0.0766 e. The number of ether oxygens (including phenoxy) is 1. The third-order valence-corrected chi connectivity index (χ3v) is 8.84. The highest BCUT2D eigenvalue weighted by molar-refractivity contribution is 5.85. The molecule has 0 aromatic heterocycles. The van der Waals surface area contributed by atoms with Gasteiger partial charge in [0.15, 0.2) is 0 Å². The normalized spacial score (nSPS) is 27.2. The molecular weight excluding hydrogens is 454 g/mol. The molecule has 2 aliphatic heterocycles. The lowest BCUT2D eigenvalue weighted by Crippen LogP contribution is -2.47. The molecule has 1 aromatic rings. The van der Waals surface area contributed by atoms with E-state index in [1.165, 1.54) is 76.2 Å². The van der Waals surface area contributed by atoms with Crippen LogP contribution in [0.1, 0.15) is 84.6 Å². The van der Waals surface area contributed by atoms with Crippen LogP contribution in [-0.4, -0.2) is 63.4 Å². The van der Waals surface area contributed by atoms with Gasteiger partial charge in [0.25, 0.3) is 0 Å². The average molecular weight is 504 g/mol. The van der Waals surface area contributed by atoms with Crippen LogP contribution >= 0.6 is 12.4 Å². The lowest BCUT2D eigenvalue weighted by atomic mass is 9.60. The lowest BCUT2D eigenvalue weighted by molar-refractivity contribution is 0.0787. The van der Waals surface area contributed by atoms with Gasteiger partial charge in [0.05, 0.1) is 6.10 Å². The summed E-state index contributed by atoms with van der Waals surface area (Å²) in [6, 6.07) is 7.47. The van der Waals surface area contributed by atoms with Crippen molar-refractivity contribution in [1.29, 1.82) is 0 Å². The number of hydrogen-bond acceptors (Lipinski definition) is 4. The van der Waals surface area contributed by atoms with Gasteiger partial charge in [0.1, 0.15) is 0 Å². The average Bonchev–Trinajstić information content (AvgIpc) is 3.46. The second kappa shape index (κ2) is 10.8. The van der Waals surface area contributed by atoms with Crippen LogP contribution in [0.5, 0.6) is 0 Å². The molecule has 35 heavy (non-hydrogen) atoms. The first kappa shape index (κ1) is 27.1. The van der Waals surface area contributed by atoms with Crippen molar-refractivity contribution in [3.05, 3.63) is 23.8 Å². The van der Waals surface area contributed by atoms with E-state index in [0.717, 1.165) is 32.0 Å². The van der Waals surface area contributed by atoms with Crippen molar-refractivity contribution >= 4 is 23.8 Å². The van der Waals surface area contributed by atoms with E-state index in [1.807, 2.05) is 0 Å². The number of anilines is 2. The zero-order chi connectivity index (χ0) is 23.9. The molecule has 2 heterocycles. The molecule has 0 bridgehead atoms. The summed E-state index contributed by atoms with van der Waals surface area (Å²) in [6.45, 7) is 21.2. The van der Waals surface area contributed by atoms with E-state index in [0.29, 0.717) is 22.9 Å². The van der Waals surface area contributed by atoms with Gasteiger partial charge in [-0.15, -0.1) is 12.4 Å². The number of benzene rings is 1. The second-order valence-corrected chi connectivity index (χ2v) is 13.4. The van der Waals surface area contributed by atoms with E-state index < -0.39 is 0 Å². The molecule has 1 aromatic carbocycles. The fourth-order valence-electron chi connectivity index (χ4n) is 7.59. The third-order valence-electron chi connectivity index (χ3n) is 8.84. The zero-order valence-electron chi connectivity index (χ0n) is 23.0. The van der Waals surface area contributed by atoms with E-state index in [9.17, 15) is 0 Å². The Morgan fingerprint density at radius 2 is 1.57 bits per heavy atom. The second-order valence-electron chi connectivity index (χ2n) is 13.4. The van der Waals surface area contributed by atoms with E-state index in [2.05, 4.69) is 67.5 Å². The summed E-state index contributed by atoms with van der Waals surface area (Å²) in [4.78, 5) is 8.00. The molecule has 0 N–H and O–H groups in total. The maximum atomic E-state index is 5.96. The summed E-state index contributed by atoms with van der Waals surface area (Å²) in [6.07, 6.45) is 8.39. The monoisotopic (exact) mass is 503 g/mol. The van der Waals surface area contributed by atoms with Gasteiger partial charge < -0.3 is 14.5 Å². The van der Waals surface area contributed by atoms with Gasteiger partial charge in [-0.2, -0.15) is 0 Å². The minimum atomic E-state index is 0. The summed E-state index contributed by atoms with van der Waals surface area (Å²) in [7, 11) is 0. The predicted octanol–water partition coefficient (Wildman–Crippen LogP) is 6.58. The predicted molar refractivity (Wildman–Crippen MR) is 151 cm³/mol. The maximum Gasteiger partial charge on any atom is 0.0766 e. The van der Waals surface area contributed by atoms with Gasteiger partial charge in [-0.3, -0.25) is 4.90 Å². The molecule has 4 aliphatic rings. The standard InChI is InChI=1S/C30H49N3O.ClH/c1-6-34-26-11-12-33(21-26)25-9-10-28(32-15-13-31(14-16-32)20-23-7-8-23)27(17-25)24-18-29(2,3)22-30(4,5)19-24;/h9-10,17,23-24,26H,6-8,11-16,18-22H2,1-5H3;1H. The minimum Gasteiger partial charge on any atom is -0.377 e. The first-order valence-corrected chi connectivity index (χ1v) is 14.2. The Bertz CT molecular complexity index is 828. The van der Waals surface area contributed by atoms with Gasteiger partial charge in [0.2, 0.25) is 0 Å².